The fourth-order valence-corrected chi connectivity index (χ4v) is 6.06. The molecular formula is C24H29N3O5S. The Hall–Kier alpha value is -2.91. The highest BCUT2D eigenvalue weighted by molar-refractivity contribution is 7.89. The number of carbonyl (C=O) groups is 2. The van der Waals surface area contributed by atoms with Crippen LogP contribution in [0.3, 0.4) is 0 Å². The summed E-state index contributed by atoms with van der Waals surface area (Å²) in [5, 5.41) is 5.70. The molecule has 0 aromatic heterocycles. The maximum absolute atomic E-state index is 13.5. The average molecular weight is 472 g/mol. The van der Waals surface area contributed by atoms with E-state index in [4.69, 9.17) is 4.74 Å². The van der Waals surface area contributed by atoms with E-state index in [-0.39, 0.29) is 23.3 Å². The zero-order valence-corrected chi connectivity index (χ0v) is 19.9. The van der Waals surface area contributed by atoms with Crippen molar-refractivity contribution in [3.05, 3.63) is 47.5 Å². The van der Waals surface area contributed by atoms with Gasteiger partial charge in [-0.25, -0.2) is 8.42 Å². The monoisotopic (exact) mass is 471 g/mol. The Morgan fingerprint density at radius 3 is 2.76 bits per heavy atom. The van der Waals surface area contributed by atoms with Crippen LogP contribution in [0.15, 0.2) is 41.3 Å². The molecule has 2 atom stereocenters. The molecule has 0 unspecified atom stereocenters. The van der Waals surface area contributed by atoms with Gasteiger partial charge in [0.25, 0.3) is 5.91 Å². The minimum Gasteiger partial charge on any atom is -0.478 e. The molecule has 2 aromatic rings. The molecule has 0 bridgehead atoms. The topological polar surface area (TPSA) is 105 Å². The number of hydrogen-bond acceptors (Lipinski definition) is 5. The SMILES string of the molecule is CC[C@H]1Oc2cc(S(=O)(=O)N3CCC[C@@H](C(=O)Nc4cccc(C)c4)C3)c(C)cc2NC1=O. The second-order valence-corrected chi connectivity index (χ2v) is 10.6. The number of ether oxygens (including phenoxy) is 1. The van der Waals surface area contributed by atoms with Crippen molar-refractivity contribution >= 4 is 33.2 Å². The fraction of sp³-hybridized carbons (Fsp3) is 0.417. The molecule has 2 aliphatic rings. The number of amides is 2. The number of rotatable bonds is 5. The standard InChI is InChI=1S/C24H29N3O5S/c1-4-20-24(29)26-19-12-16(3)22(13-21(19)32-20)33(30,31)27-10-6-8-17(14-27)23(28)25-18-9-5-7-15(2)11-18/h5,7,9,11-13,17,20H,4,6,8,10,14H2,1-3H3,(H,25,28)(H,26,29)/t17-,20-/m1/s1. The molecule has 8 nitrogen and oxygen atoms in total. The normalized spacial score (nSPS) is 21.0. The van der Waals surface area contributed by atoms with E-state index >= 15 is 0 Å². The van der Waals surface area contributed by atoms with E-state index in [1.807, 2.05) is 38.1 Å². The lowest BCUT2D eigenvalue weighted by Crippen LogP contribution is -2.44. The van der Waals surface area contributed by atoms with Crippen LogP contribution in [0.25, 0.3) is 0 Å². The first-order valence-electron chi connectivity index (χ1n) is 11.2. The van der Waals surface area contributed by atoms with Gasteiger partial charge < -0.3 is 15.4 Å². The Bertz CT molecular complexity index is 1190. The van der Waals surface area contributed by atoms with Crippen molar-refractivity contribution in [2.45, 2.75) is 51.0 Å². The third-order valence-corrected chi connectivity index (χ3v) is 8.13. The number of hydrogen-bond donors (Lipinski definition) is 2. The second kappa shape index (κ2) is 9.15. The van der Waals surface area contributed by atoms with Gasteiger partial charge in [0.2, 0.25) is 15.9 Å². The van der Waals surface area contributed by atoms with Gasteiger partial charge in [-0.3, -0.25) is 9.59 Å². The fourth-order valence-electron chi connectivity index (χ4n) is 4.31. The summed E-state index contributed by atoms with van der Waals surface area (Å²) < 4.78 is 34.2. The van der Waals surface area contributed by atoms with Crippen LogP contribution in [-0.4, -0.2) is 43.7 Å². The van der Waals surface area contributed by atoms with E-state index in [0.29, 0.717) is 48.5 Å². The zero-order valence-electron chi connectivity index (χ0n) is 19.1. The Kier molecular flexibility index (Phi) is 6.45. The Morgan fingerprint density at radius 1 is 1.24 bits per heavy atom. The number of nitrogens with one attached hydrogen (secondary N) is 2. The summed E-state index contributed by atoms with van der Waals surface area (Å²) in [4.78, 5) is 25.1. The quantitative estimate of drug-likeness (QED) is 0.695. The first-order chi connectivity index (χ1) is 15.7. The van der Waals surface area contributed by atoms with Crippen molar-refractivity contribution in [3.8, 4) is 5.75 Å². The van der Waals surface area contributed by atoms with Gasteiger partial charge in [0, 0.05) is 24.8 Å². The largest absolute Gasteiger partial charge is 0.478 e. The molecule has 0 saturated carbocycles. The Balaban J connectivity index is 1.55. The number of carbonyl (C=O) groups excluding carboxylic acids is 2. The van der Waals surface area contributed by atoms with Gasteiger partial charge in [0.05, 0.1) is 16.5 Å². The second-order valence-electron chi connectivity index (χ2n) is 8.68. The lowest BCUT2D eigenvalue weighted by atomic mass is 9.98. The molecule has 33 heavy (non-hydrogen) atoms. The number of aryl methyl sites for hydroxylation is 2. The summed E-state index contributed by atoms with van der Waals surface area (Å²) in [6.07, 6.45) is 1.05. The van der Waals surface area contributed by atoms with Crippen molar-refractivity contribution in [2.24, 2.45) is 5.92 Å². The molecule has 9 heteroatoms. The van der Waals surface area contributed by atoms with Crippen LogP contribution in [-0.2, 0) is 19.6 Å². The van der Waals surface area contributed by atoms with Crippen molar-refractivity contribution < 1.29 is 22.7 Å². The minimum absolute atomic E-state index is 0.117. The summed E-state index contributed by atoms with van der Waals surface area (Å²) in [5.41, 5.74) is 2.72. The van der Waals surface area contributed by atoms with Gasteiger partial charge in [-0.05, 0) is 62.4 Å². The van der Waals surface area contributed by atoms with Gasteiger partial charge in [-0.15, -0.1) is 0 Å². The molecule has 2 aliphatic heterocycles. The van der Waals surface area contributed by atoms with E-state index < -0.39 is 22.0 Å². The highest BCUT2D eigenvalue weighted by Crippen LogP contribution is 2.36. The molecule has 2 aromatic carbocycles. The Labute approximate surface area is 194 Å². The number of nitrogens with zero attached hydrogens (tertiary/aromatic N) is 1. The van der Waals surface area contributed by atoms with Gasteiger partial charge in [-0.2, -0.15) is 4.31 Å². The van der Waals surface area contributed by atoms with Crippen LogP contribution in [0.2, 0.25) is 0 Å². The summed E-state index contributed by atoms with van der Waals surface area (Å²) in [6, 6.07) is 10.6. The number of piperidine rings is 1. The summed E-state index contributed by atoms with van der Waals surface area (Å²) in [7, 11) is -3.85. The predicted molar refractivity (Wildman–Crippen MR) is 126 cm³/mol. The molecule has 0 radical (unpaired) electrons. The van der Waals surface area contributed by atoms with Crippen molar-refractivity contribution in [1.82, 2.24) is 4.31 Å². The maximum atomic E-state index is 13.5. The molecule has 2 N–H and O–H groups in total. The number of benzene rings is 2. The molecule has 4 rings (SSSR count). The van der Waals surface area contributed by atoms with Gasteiger partial charge in [0.15, 0.2) is 6.10 Å². The number of fused-ring (bicyclic) bond motifs is 1. The van der Waals surface area contributed by atoms with Crippen molar-refractivity contribution in [3.63, 3.8) is 0 Å². The van der Waals surface area contributed by atoms with E-state index in [1.165, 1.54) is 10.4 Å². The molecule has 0 spiro atoms. The van der Waals surface area contributed by atoms with E-state index in [1.54, 1.807) is 13.0 Å². The molecule has 0 aliphatic carbocycles. The summed E-state index contributed by atoms with van der Waals surface area (Å²) >= 11 is 0. The number of anilines is 2. The van der Waals surface area contributed by atoms with Gasteiger partial charge in [0.1, 0.15) is 5.75 Å². The first-order valence-corrected chi connectivity index (χ1v) is 12.6. The van der Waals surface area contributed by atoms with Crippen molar-refractivity contribution in [2.75, 3.05) is 23.7 Å². The van der Waals surface area contributed by atoms with Crippen LogP contribution in [0, 0.1) is 19.8 Å². The molecule has 1 saturated heterocycles. The summed E-state index contributed by atoms with van der Waals surface area (Å²) in [6.45, 7) is 5.94. The smallest absolute Gasteiger partial charge is 0.265 e. The predicted octanol–water partition coefficient (Wildman–Crippen LogP) is 3.45. The zero-order chi connectivity index (χ0) is 23.8. The van der Waals surface area contributed by atoms with Crippen LogP contribution >= 0.6 is 0 Å². The highest BCUT2D eigenvalue weighted by Gasteiger charge is 2.36. The summed E-state index contributed by atoms with van der Waals surface area (Å²) in [5.74, 6) is -0.513. The molecule has 2 heterocycles. The van der Waals surface area contributed by atoms with Crippen LogP contribution in [0.5, 0.6) is 5.75 Å². The van der Waals surface area contributed by atoms with Crippen molar-refractivity contribution in [1.29, 1.82) is 0 Å². The van der Waals surface area contributed by atoms with Crippen LogP contribution in [0.1, 0.15) is 37.3 Å². The lowest BCUT2D eigenvalue weighted by Gasteiger charge is -2.32. The molecule has 176 valence electrons. The molecule has 2 amide bonds. The third kappa shape index (κ3) is 4.74. The average Bonchev–Trinajstić information content (AvgIpc) is 2.78. The first kappa shape index (κ1) is 23.3. The van der Waals surface area contributed by atoms with Gasteiger partial charge >= 0.3 is 0 Å². The van der Waals surface area contributed by atoms with Gasteiger partial charge in [-0.1, -0.05) is 19.1 Å². The van der Waals surface area contributed by atoms with Crippen LogP contribution < -0.4 is 15.4 Å². The van der Waals surface area contributed by atoms with E-state index in [2.05, 4.69) is 10.6 Å². The van der Waals surface area contributed by atoms with E-state index in [0.717, 1.165) is 5.56 Å². The molecular weight excluding hydrogens is 442 g/mol. The number of sulfonamides is 1. The van der Waals surface area contributed by atoms with E-state index in [9.17, 15) is 18.0 Å². The maximum Gasteiger partial charge on any atom is 0.265 e. The Morgan fingerprint density at radius 2 is 2.03 bits per heavy atom. The highest BCUT2D eigenvalue weighted by atomic mass is 32.2. The third-order valence-electron chi connectivity index (χ3n) is 6.13. The van der Waals surface area contributed by atoms with Crippen LogP contribution in [0.4, 0.5) is 11.4 Å². The lowest BCUT2D eigenvalue weighted by molar-refractivity contribution is -0.123. The molecule has 1 fully saturated rings. The minimum atomic E-state index is -3.85.